The highest BCUT2D eigenvalue weighted by Crippen LogP contribution is 2.15. The summed E-state index contributed by atoms with van der Waals surface area (Å²) in [5.41, 5.74) is -0.122. The average Bonchev–Trinajstić information content (AvgIpc) is 2.33. The van der Waals surface area contributed by atoms with E-state index in [1.54, 1.807) is 19.1 Å². The first kappa shape index (κ1) is 16.6. The van der Waals surface area contributed by atoms with E-state index in [0.29, 0.717) is 19.6 Å². The number of hydrogen-bond acceptors (Lipinski definition) is 4. The molecule has 1 aromatic rings. The number of likely N-dealkylation sites (N-methyl/N-ethyl adjacent to an activating group) is 1. The molecule has 0 aliphatic carbocycles. The van der Waals surface area contributed by atoms with Crippen LogP contribution in [0.4, 0.5) is 0 Å². The summed E-state index contributed by atoms with van der Waals surface area (Å²) >= 11 is 0. The van der Waals surface area contributed by atoms with E-state index in [1.165, 1.54) is 0 Å². The molecule has 0 aliphatic rings. The van der Waals surface area contributed by atoms with Gasteiger partial charge in [-0.3, -0.25) is 4.79 Å². The van der Waals surface area contributed by atoms with Crippen molar-refractivity contribution in [3.8, 4) is 0 Å². The molecule has 0 heterocycles. The molecule has 0 fully saturated rings. The van der Waals surface area contributed by atoms with E-state index < -0.39 is 17.5 Å². The summed E-state index contributed by atoms with van der Waals surface area (Å²) in [5.74, 6) is -1.47. The molecule has 0 amide bonds. The van der Waals surface area contributed by atoms with Crippen molar-refractivity contribution in [2.75, 3.05) is 33.7 Å². The second-order valence-electron chi connectivity index (χ2n) is 5.67. The van der Waals surface area contributed by atoms with Gasteiger partial charge in [-0.2, -0.15) is 0 Å². The monoisotopic (exact) mass is 280 g/mol. The average molecular weight is 280 g/mol. The highest BCUT2D eigenvalue weighted by Gasteiger charge is 2.24. The minimum absolute atomic E-state index is 0.295. The van der Waals surface area contributed by atoms with E-state index in [1.807, 2.05) is 37.2 Å². The van der Waals surface area contributed by atoms with Crippen LogP contribution in [0.1, 0.15) is 18.4 Å². The quantitative estimate of drug-likeness (QED) is 0.655. The van der Waals surface area contributed by atoms with Gasteiger partial charge < -0.3 is 20.4 Å². The third-order valence-corrected chi connectivity index (χ3v) is 3.01. The molecule has 112 valence electrons. The van der Waals surface area contributed by atoms with Crippen LogP contribution < -0.4 is 5.32 Å². The van der Waals surface area contributed by atoms with Crippen LogP contribution in [0.25, 0.3) is 0 Å². The number of hydrogen-bond donors (Lipinski definition) is 3. The molecule has 3 N–H and O–H groups in total. The van der Waals surface area contributed by atoms with Crippen LogP contribution in [0.2, 0.25) is 0 Å². The topological polar surface area (TPSA) is 72.8 Å². The molecular formula is C15H24N2O3. The number of aliphatic hydroxyl groups is 1. The molecule has 0 saturated carbocycles. The maximum Gasteiger partial charge on any atom is 0.312 e. The van der Waals surface area contributed by atoms with E-state index in [0.717, 1.165) is 5.56 Å². The van der Waals surface area contributed by atoms with Gasteiger partial charge in [-0.15, -0.1) is 0 Å². The smallest absolute Gasteiger partial charge is 0.312 e. The van der Waals surface area contributed by atoms with Crippen LogP contribution in [0, 0.1) is 0 Å². The number of carboxylic acids is 1. The fourth-order valence-electron chi connectivity index (χ4n) is 2.26. The molecule has 0 aliphatic heterocycles. The Labute approximate surface area is 120 Å². The van der Waals surface area contributed by atoms with Gasteiger partial charge in [0.25, 0.3) is 0 Å². The molecule has 2 atom stereocenters. The summed E-state index contributed by atoms with van der Waals surface area (Å²) in [5, 5.41) is 22.5. The summed E-state index contributed by atoms with van der Waals surface area (Å²) in [6, 6.07) is 9.12. The molecule has 0 saturated heterocycles. The van der Waals surface area contributed by atoms with Crippen molar-refractivity contribution < 1.29 is 15.0 Å². The Balaban J connectivity index is 2.55. The third kappa shape index (κ3) is 5.69. The fraction of sp³-hybridized carbons (Fsp3) is 0.533. The predicted octanol–water partition coefficient (Wildman–Crippen LogP) is 0.757. The molecule has 0 spiro atoms. The van der Waals surface area contributed by atoms with E-state index in [4.69, 9.17) is 0 Å². The maximum absolute atomic E-state index is 11.3. The van der Waals surface area contributed by atoms with Crippen molar-refractivity contribution >= 4 is 5.97 Å². The van der Waals surface area contributed by atoms with Gasteiger partial charge in [-0.05, 0) is 26.6 Å². The van der Waals surface area contributed by atoms with E-state index in [-0.39, 0.29) is 0 Å². The first-order valence-corrected chi connectivity index (χ1v) is 6.67. The molecule has 0 radical (unpaired) electrons. The Kier molecular flexibility index (Phi) is 6.13. The molecule has 20 heavy (non-hydrogen) atoms. The predicted molar refractivity (Wildman–Crippen MR) is 78.9 cm³/mol. The van der Waals surface area contributed by atoms with Gasteiger partial charge >= 0.3 is 5.97 Å². The molecule has 2 unspecified atom stereocenters. The zero-order chi connectivity index (χ0) is 15.2. The lowest BCUT2D eigenvalue weighted by Crippen LogP contribution is -2.46. The largest absolute Gasteiger partial charge is 0.481 e. The molecule has 1 rings (SSSR count). The van der Waals surface area contributed by atoms with Gasteiger partial charge in [0.15, 0.2) is 0 Å². The number of aliphatic carboxylic acids is 1. The van der Waals surface area contributed by atoms with Crippen molar-refractivity contribution in [3.05, 3.63) is 35.9 Å². The van der Waals surface area contributed by atoms with Crippen LogP contribution in [0.5, 0.6) is 0 Å². The zero-order valence-corrected chi connectivity index (χ0v) is 12.3. The molecule has 1 aromatic carbocycles. The van der Waals surface area contributed by atoms with Crippen molar-refractivity contribution in [2.24, 2.45) is 0 Å². The minimum Gasteiger partial charge on any atom is -0.481 e. The van der Waals surface area contributed by atoms with Crippen LogP contribution in [0.3, 0.4) is 0 Å². The second-order valence-corrected chi connectivity index (χ2v) is 5.67. The van der Waals surface area contributed by atoms with Crippen LogP contribution in [-0.2, 0) is 4.79 Å². The Hall–Kier alpha value is -1.43. The number of carbonyl (C=O) groups is 1. The Bertz CT molecular complexity index is 418. The number of rotatable bonds is 8. The maximum atomic E-state index is 11.3. The normalized spacial score (nSPS) is 15.8. The van der Waals surface area contributed by atoms with Gasteiger partial charge in [-0.25, -0.2) is 0 Å². The van der Waals surface area contributed by atoms with Crippen LogP contribution in [-0.4, -0.2) is 60.4 Å². The summed E-state index contributed by atoms with van der Waals surface area (Å²) in [4.78, 5) is 13.2. The zero-order valence-electron chi connectivity index (χ0n) is 12.3. The van der Waals surface area contributed by atoms with E-state index >= 15 is 0 Å². The lowest BCUT2D eigenvalue weighted by atomic mass is 9.98. The Morgan fingerprint density at radius 3 is 2.45 bits per heavy atom. The Morgan fingerprint density at radius 2 is 1.95 bits per heavy atom. The summed E-state index contributed by atoms with van der Waals surface area (Å²) < 4.78 is 0. The standard InChI is InChI=1S/C15H24N2O3/c1-15(20,11-17(2)3)10-16-9-13(14(18)19)12-7-5-4-6-8-12/h4-8,13,16,20H,9-11H2,1-3H3,(H,18,19). The van der Waals surface area contributed by atoms with E-state index in [2.05, 4.69) is 5.32 Å². The van der Waals surface area contributed by atoms with E-state index in [9.17, 15) is 15.0 Å². The number of nitrogens with one attached hydrogen (secondary N) is 1. The third-order valence-electron chi connectivity index (χ3n) is 3.01. The second kappa shape index (κ2) is 7.38. The van der Waals surface area contributed by atoms with Crippen molar-refractivity contribution in [1.82, 2.24) is 10.2 Å². The first-order chi connectivity index (χ1) is 9.32. The molecule has 0 bridgehead atoms. The van der Waals surface area contributed by atoms with Crippen LogP contribution in [0.15, 0.2) is 30.3 Å². The molecule has 5 heteroatoms. The van der Waals surface area contributed by atoms with Crippen molar-refractivity contribution in [3.63, 3.8) is 0 Å². The van der Waals surface area contributed by atoms with Crippen LogP contribution >= 0.6 is 0 Å². The fourth-order valence-corrected chi connectivity index (χ4v) is 2.26. The van der Waals surface area contributed by atoms with Crippen molar-refractivity contribution in [1.29, 1.82) is 0 Å². The van der Waals surface area contributed by atoms with Gasteiger partial charge in [0.2, 0.25) is 0 Å². The van der Waals surface area contributed by atoms with Gasteiger partial charge in [0, 0.05) is 19.6 Å². The van der Waals surface area contributed by atoms with Crippen molar-refractivity contribution in [2.45, 2.75) is 18.4 Å². The van der Waals surface area contributed by atoms with Gasteiger partial charge in [-0.1, -0.05) is 30.3 Å². The SMILES string of the molecule is CN(C)CC(C)(O)CNCC(C(=O)O)c1ccccc1. The number of carboxylic acid groups (broad SMARTS) is 1. The molecule has 0 aromatic heterocycles. The Morgan fingerprint density at radius 1 is 1.35 bits per heavy atom. The number of benzene rings is 1. The summed E-state index contributed by atoms with van der Waals surface area (Å²) in [7, 11) is 3.77. The minimum atomic E-state index is -0.886. The van der Waals surface area contributed by atoms with Gasteiger partial charge in [0.1, 0.15) is 0 Å². The number of nitrogens with zero attached hydrogens (tertiary/aromatic N) is 1. The highest BCUT2D eigenvalue weighted by molar-refractivity contribution is 5.76. The lowest BCUT2D eigenvalue weighted by molar-refractivity contribution is -0.138. The highest BCUT2D eigenvalue weighted by atomic mass is 16.4. The molecule has 5 nitrogen and oxygen atoms in total. The summed E-state index contributed by atoms with van der Waals surface area (Å²) in [6.07, 6.45) is 0. The molecular weight excluding hydrogens is 256 g/mol. The van der Waals surface area contributed by atoms with Gasteiger partial charge in [0.05, 0.1) is 11.5 Å². The summed E-state index contributed by atoms with van der Waals surface area (Å²) in [6.45, 7) is 2.89. The first-order valence-electron chi connectivity index (χ1n) is 6.67. The lowest BCUT2D eigenvalue weighted by Gasteiger charge is -2.27.